The zero-order valence-electron chi connectivity index (χ0n) is 10.6. The van der Waals surface area contributed by atoms with Gasteiger partial charge in [0.2, 0.25) is 0 Å². The van der Waals surface area contributed by atoms with E-state index in [1.165, 1.54) is 17.2 Å². The smallest absolute Gasteiger partial charge is 0.127 e. The summed E-state index contributed by atoms with van der Waals surface area (Å²) in [5, 5.41) is -0.326. The first-order chi connectivity index (χ1) is 8.58. The first kappa shape index (κ1) is 13.1. The monoisotopic (exact) mass is 262 g/mol. The Balaban J connectivity index is 2.19. The maximum atomic E-state index is 13.6. The third-order valence-electron chi connectivity index (χ3n) is 3.23. The minimum absolute atomic E-state index is 0.235. The molecule has 0 bridgehead atoms. The van der Waals surface area contributed by atoms with Crippen LogP contribution in [0.4, 0.5) is 4.39 Å². The van der Waals surface area contributed by atoms with E-state index in [4.69, 9.17) is 11.6 Å². The van der Waals surface area contributed by atoms with Crippen LogP contribution in [0.3, 0.4) is 0 Å². The van der Waals surface area contributed by atoms with Crippen LogP contribution in [0.2, 0.25) is 0 Å². The predicted molar refractivity (Wildman–Crippen MR) is 74.6 cm³/mol. The predicted octanol–water partition coefficient (Wildman–Crippen LogP) is 4.97. The third-order valence-corrected chi connectivity index (χ3v) is 3.62. The average molecular weight is 263 g/mol. The molecule has 0 fully saturated rings. The van der Waals surface area contributed by atoms with E-state index in [2.05, 4.69) is 32.0 Å². The SMILES string of the molecule is Cc1ccc(CC(Cl)c2ccccc2F)cc1C. The normalized spacial score (nSPS) is 12.4. The molecule has 0 N–H and O–H groups in total. The number of alkyl halides is 1. The minimum Gasteiger partial charge on any atom is -0.207 e. The average Bonchev–Trinajstić information content (AvgIpc) is 2.34. The fourth-order valence-corrected chi connectivity index (χ4v) is 2.33. The zero-order valence-corrected chi connectivity index (χ0v) is 11.3. The van der Waals surface area contributed by atoms with Gasteiger partial charge in [-0.25, -0.2) is 4.39 Å². The minimum atomic E-state index is -0.326. The van der Waals surface area contributed by atoms with E-state index >= 15 is 0 Å². The van der Waals surface area contributed by atoms with Gasteiger partial charge in [0.05, 0.1) is 5.38 Å². The van der Waals surface area contributed by atoms with Crippen LogP contribution in [0.5, 0.6) is 0 Å². The molecule has 0 heterocycles. The summed E-state index contributed by atoms with van der Waals surface area (Å²) >= 11 is 6.30. The zero-order chi connectivity index (χ0) is 13.1. The van der Waals surface area contributed by atoms with Crippen LogP contribution in [0.25, 0.3) is 0 Å². The molecule has 18 heavy (non-hydrogen) atoms. The second-order valence-electron chi connectivity index (χ2n) is 4.61. The second kappa shape index (κ2) is 5.53. The molecule has 94 valence electrons. The molecule has 0 radical (unpaired) electrons. The number of hydrogen-bond donors (Lipinski definition) is 0. The largest absolute Gasteiger partial charge is 0.207 e. The van der Waals surface area contributed by atoms with Gasteiger partial charge in [-0.15, -0.1) is 11.6 Å². The van der Waals surface area contributed by atoms with Crippen LogP contribution in [0.1, 0.15) is 27.6 Å². The highest BCUT2D eigenvalue weighted by Crippen LogP contribution is 2.27. The maximum Gasteiger partial charge on any atom is 0.127 e. The van der Waals surface area contributed by atoms with E-state index < -0.39 is 0 Å². The van der Waals surface area contributed by atoms with Gasteiger partial charge >= 0.3 is 0 Å². The number of aryl methyl sites for hydroxylation is 2. The van der Waals surface area contributed by atoms with Gasteiger partial charge in [0.1, 0.15) is 5.82 Å². The summed E-state index contributed by atoms with van der Waals surface area (Å²) in [5.74, 6) is -0.235. The summed E-state index contributed by atoms with van der Waals surface area (Å²) in [6.45, 7) is 4.15. The Morgan fingerprint density at radius 1 is 1.06 bits per heavy atom. The van der Waals surface area contributed by atoms with Gasteiger partial charge in [-0.05, 0) is 43.0 Å². The number of rotatable bonds is 3. The van der Waals surface area contributed by atoms with Crippen molar-refractivity contribution >= 4 is 11.6 Å². The standard InChI is InChI=1S/C16H16ClF/c1-11-7-8-13(9-12(11)2)10-15(17)14-5-3-4-6-16(14)18/h3-9,15H,10H2,1-2H3. The Labute approximate surface area is 112 Å². The molecule has 0 aliphatic rings. The molecule has 0 saturated carbocycles. The summed E-state index contributed by atoms with van der Waals surface area (Å²) in [4.78, 5) is 0. The molecule has 1 unspecified atom stereocenters. The van der Waals surface area contributed by atoms with Crippen molar-refractivity contribution in [3.05, 3.63) is 70.5 Å². The molecule has 2 heteroatoms. The van der Waals surface area contributed by atoms with E-state index in [1.807, 2.05) is 6.07 Å². The number of hydrogen-bond acceptors (Lipinski definition) is 0. The van der Waals surface area contributed by atoms with Crippen molar-refractivity contribution in [1.29, 1.82) is 0 Å². The van der Waals surface area contributed by atoms with Crippen molar-refractivity contribution in [3.63, 3.8) is 0 Å². The Hall–Kier alpha value is -1.34. The van der Waals surface area contributed by atoms with Crippen molar-refractivity contribution in [2.75, 3.05) is 0 Å². The summed E-state index contributed by atoms with van der Waals surface area (Å²) < 4.78 is 13.6. The quantitative estimate of drug-likeness (QED) is 0.686. The van der Waals surface area contributed by atoms with Gasteiger partial charge in [0, 0.05) is 5.56 Å². The molecule has 2 rings (SSSR count). The molecule has 0 aromatic heterocycles. The van der Waals surface area contributed by atoms with E-state index in [-0.39, 0.29) is 11.2 Å². The highest BCUT2D eigenvalue weighted by Gasteiger charge is 2.13. The van der Waals surface area contributed by atoms with Crippen LogP contribution in [-0.4, -0.2) is 0 Å². The van der Waals surface area contributed by atoms with E-state index in [1.54, 1.807) is 12.1 Å². The van der Waals surface area contributed by atoms with Crippen molar-refractivity contribution < 1.29 is 4.39 Å². The first-order valence-electron chi connectivity index (χ1n) is 6.02. The molecule has 0 spiro atoms. The summed E-state index contributed by atoms with van der Waals surface area (Å²) in [7, 11) is 0. The summed E-state index contributed by atoms with van der Waals surface area (Å²) in [6.07, 6.45) is 0.642. The molecule has 0 nitrogen and oxygen atoms in total. The molecule has 2 aromatic rings. The molecule has 0 amide bonds. The summed E-state index contributed by atoms with van der Waals surface area (Å²) in [6, 6.07) is 12.9. The van der Waals surface area contributed by atoms with Crippen LogP contribution in [0, 0.1) is 19.7 Å². The fourth-order valence-electron chi connectivity index (χ4n) is 1.98. The second-order valence-corrected chi connectivity index (χ2v) is 5.14. The van der Waals surface area contributed by atoms with E-state index in [0.717, 1.165) is 5.56 Å². The van der Waals surface area contributed by atoms with Crippen molar-refractivity contribution in [1.82, 2.24) is 0 Å². The lowest BCUT2D eigenvalue weighted by Gasteiger charge is -2.12. The van der Waals surface area contributed by atoms with E-state index in [0.29, 0.717) is 12.0 Å². The summed E-state index contributed by atoms with van der Waals surface area (Å²) in [5.41, 5.74) is 4.21. The fraction of sp³-hybridized carbons (Fsp3) is 0.250. The van der Waals surface area contributed by atoms with Gasteiger partial charge in [-0.1, -0.05) is 36.4 Å². The molecule has 0 aliphatic carbocycles. The highest BCUT2D eigenvalue weighted by molar-refractivity contribution is 6.20. The lowest BCUT2D eigenvalue weighted by Crippen LogP contribution is -1.99. The Bertz CT molecular complexity index is 549. The number of halogens is 2. The van der Waals surface area contributed by atoms with Crippen LogP contribution in [0.15, 0.2) is 42.5 Å². The van der Waals surface area contributed by atoms with Gasteiger partial charge in [-0.3, -0.25) is 0 Å². The molecular formula is C16H16ClF. The lowest BCUT2D eigenvalue weighted by atomic mass is 10.00. The first-order valence-corrected chi connectivity index (χ1v) is 6.46. The highest BCUT2D eigenvalue weighted by atomic mass is 35.5. The third kappa shape index (κ3) is 2.91. The van der Waals surface area contributed by atoms with Crippen molar-refractivity contribution in [2.45, 2.75) is 25.6 Å². The van der Waals surface area contributed by atoms with Gasteiger partial charge in [-0.2, -0.15) is 0 Å². The Morgan fingerprint density at radius 3 is 2.44 bits per heavy atom. The van der Waals surface area contributed by atoms with Gasteiger partial charge in [0.25, 0.3) is 0 Å². The van der Waals surface area contributed by atoms with Gasteiger partial charge < -0.3 is 0 Å². The molecule has 0 saturated heterocycles. The molecule has 0 aliphatic heterocycles. The lowest BCUT2D eigenvalue weighted by molar-refractivity contribution is 0.606. The van der Waals surface area contributed by atoms with Crippen molar-refractivity contribution in [2.24, 2.45) is 0 Å². The Kier molecular flexibility index (Phi) is 4.03. The molecule has 1 atom stereocenters. The molecule has 2 aromatic carbocycles. The van der Waals surface area contributed by atoms with Crippen molar-refractivity contribution in [3.8, 4) is 0 Å². The topological polar surface area (TPSA) is 0 Å². The van der Waals surface area contributed by atoms with Crippen LogP contribution < -0.4 is 0 Å². The van der Waals surface area contributed by atoms with Crippen LogP contribution in [-0.2, 0) is 6.42 Å². The van der Waals surface area contributed by atoms with E-state index in [9.17, 15) is 4.39 Å². The molecular weight excluding hydrogens is 247 g/mol. The van der Waals surface area contributed by atoms with Crippen LogP contribution >= 0.6 is 11.6 Å². The number of benzene rings is 2. The maximum absolute atomic E-state index is 13.6. The van der Waals surface area contributed by atoms with Gasteiger partial charge in [0.15, 0.2) is 0 Å². The Morgan fingerprint density at radius 2 is 1.78 bits per heavy atom.